The van der Waals surface area contributed by atoms with Gasteiger partial charge in [-0.25, -0.2) is 0 Å². The Kier molecular flexibility index (Phi) is 7.23. The van der Waals surface area contributed by atoms with E-state index in [4.69, 9.17) is 11.3 Å². The molecule has 2 nitrogen and oxygen atoms in total. The van der Waals surface area contributed by atoms with Crippen LogP contribution in [0.5, 0.6) is 0 Å². The van der Waals surface area contributed by atoms with Crippen molar-refractivity contribution in [2.24, 2.45) is 0 Å². The molecule has 12 rings (SSSR count). The smallest absolute Gasteiger partial charge is 0.143 e. The van der Waals surface area contributed by atoms with Gasteiger partial charge in [-0.15, -0.1) is 11.3 Å². The second kappa shape index (κ2) is 14.5. The Balaban J connectivity index is 1.01. The minimum absolute atomic E-state index is 0.196. The third-order valence-electron chi connectivity index (χ3n) is 11.8. The lowest BCUT2D eigenvalue weighted by atomic mass is 9.92. The molecule has 0 bridgehead atoms. The summed E-state index contributed by atoms with van der Waals surface area (Å²) in [6, 6.07) is 65.9. The Morgan fingerprint density at radius 2 is 0.885 bits per heavy atom. The van der Waals surface area contributed by atoms with E-state index in [0.29, 0.717) is 5.56 Å². The van der Waals surface area contributed by atoms with Gasteiger partial charge in [0.25, 0.3) is 0 Å². The van der Waals surface area contributed by atoms with Crippen LogP contribution in [0.4, 0.5) is 17.1 Å². The van der Waals surface area contributed by atoms with Crippen LogP contribution >= 0.6 is 11.3 Å². The van der Waals surface area contributed by atoms with Crippen LogP contribution in [0.3, 0.4) is 0 Å². The van der Waals surface area contributed by atoms with Crippen LogP contribution in [0.1, 0.15) is 6.85 Å². The van der Waals surface area contributed by atoms with Gasteiger partial charge in [-0.3, -0.25) is 0 Å². The maximum absolute atomic E-state index is 8.73. The zero-order chi connectivity index (χ0) is 44.6. The van der Waals surface area contributed by atoms with Crippen LogP contribution in [0.15, 0.2) is 229 Å². The van der Waals surface area contributed by atoms with Gasteiger partial charge in [0.15, 0.2) is 0 Å². The van der Waals surface area contributed by atoms with E-state index in [-0.39, 0.29) is 29.7 Å². The largest absolute Gasteiger partial charge is 0.455 e. The van der Waals surface area contributed by atoms with Crippen molar-refractivity contribution in [2.75, 3.05) is 4.90 Å². The van der Waals surface area contributed by atoms with Crippen molar-refractivity contribution in [1.29, 1.82) is 0 Å². The van der Waals surface area contributed by atoms with Gasteiger partial charge in [-0.1, -0.05) is 188 Å². The summed E-state index contributed by atoms with van der Waals surface area (Å²) in [5.74, 6) is 0. The van der Waals surface area contributed by atoms with Crippen LogP contribution in [0.25, 0.3) is 97.4 Å². The molecule has 0 radical (unpaired) electrons. The zero-order valence-electron chi connectivity index (χ0n) is 37.7. The van der Waals surface area contributed by atoms with Gasteiger partial charge in [-0.2, -0.15) is 0 Å². The molecule has 0 N–H and O–H groups in total. The first-order chi connectivity index (χ1) is 32.3. The first kappa shape index (κ1) is 30.3. The number of hydrogen-bond acceptors (Lipinski definition) is 3. The second-order valence-corrected chi connectivity index (χ2v) is 16.2. The molecule has 3 heteroatoms. The normalized spacial score (nSPS) is 12.8. The molecule has 0 aliphatic rings. The van der Waals surface area contributed by atoms with Gasteiger partial charge in [0, 0.05) is 43.2 Å². The van der Waals surface area contributed by atoms with Crippen molar-refractivity contribution >= 4 is 81.3 Å². The first-order valence-corrected chi connectivity index (χ1v) is 21.2. The highest BCUT2D eigenvalue weighted by Gasteiger charge is 2.21. The molecule has 2 heterocycles. The number of furan rings is 1. The van der Waals surface area contributed by atoms with Crippen molar-refractivity contribution in [3.63, 3.8) is 0 Å². The van der Waals surface area contributed by atoms with E-state index < -0.39 is 6.04 Å². The van der Waals surface area contributed by atoms with E-state index in [1.165, 1.54) is 31.3 Å². The molecule has 0 atom stereocenters. The molecule has 0 saturated heterocycles. The van der Waals surface area contributed by atoms with Crippen molar-refractivity contribution in [3.05, 3.63) is 224 Å². The lowest BCUT2D eigenvalue weighted by Gasteiger charge is -2.26. The van der Waals surface area contributed by atoms with Gasteiger partial charge in [0.2, 0.25) is 0 Å². The number of hydrogen-bond donors (Lipinski definition) is 0. The van der Waals surface area contributed by atoms with Crippen LogP contribution in [0.2, 0.25) is 0 Å². The monoisotopic (exact) mass is 800 g/mol. The molecular formula is C58H37NOS. The standard InChI is InChI=1S/C58H37NOS/c1-3-14-38(15-4-1)44-36-37-45(49-19-8-7-18-48(44)49)40-28-32-42(33-29-40)59(43-34-30-41(31-35-43)46-21-11-23-51-50-20-9-10-27-55(50)60-56(46)51)54-26-13-25-53-52-24-12-22-47(57(52)61-58(53)54)39-16-5-2-6-17-39/h1-37H/i1D,3D,4D,14D,15D. The third kappa shape index (κ3) is 5.93. The third-order valence-corrected chi connectivity index (χ3v) is 13.1. The van der Waals surface area contributed by atoms with E-state index >= 15 is 0 Å². The van der Waals surface area contributed by atoms with Crippen LogP contribution in [-0.2, 0) is 0 Å². The van der Waals surface area contributed by atoms with E-state index in [1.54, 1.807) is 0 Å². The molecule has 0 amide bonds. The molecule has 61 heavy (non-hydrogen) atoms. The average molecular weight is 801 g/mol. The van der Waals surface area contributed by atoms with Crippen LogP contribution in [0, 0.1) is 0 Å². The molecule has 2 aromatic heterocycles. The van der Waals surface area contributed by atoms with Crippen molar-refractivity contribution in [2.45, 2.75) is 0 Å². The Morgan fingerprint density at radius 1 is 0.361 bits per heavy atom. The van der Waals surface area contributed by atoms with E-state index in [0.717, 1.165) is 72.0 Å². The van der Waals surface area contributed by atoms with Crippen molar-refractivity contribution in [1.82, 2.24) is 0 Å². The van der Waals surface area contributed by atoms with Gasteiger partial charge in [-0.05, 0) is 86.1 Å². The first-order valence-electron chi connectivity index (χ1n) is 22.8. The van der Waals surface area contributed by atoms with Crippen LogP contribution < -0.4 is 4.90 Å². The highest BCUT2D eigenvalue weighted by Crippen LogP contribution is 2.48. The fourth-order valence-electron chi connectivity index (χ4n) is 8.96. The molecule has 0 unspecified atom stereocenters. The summed E-state index contributed by atoms with van der Waals surface area (Å²) in [4.78, 5) is 2.34. The Hall–Kier alpha value is -7.72. The summed E-state index contributed by atoms with van der Waals surface area (Å²) < 4.78 is 51.2. The van der Waals surface area contributed by atoms with E-state index in [9.17, 15) is 0 Å². The fourth-order valence-corrected chi connectivity index (χ4v) is 10.3. The lowest BCUT2D eigenvalue weighted by molar-refractivity contribution is 0.670. The molecule has 0 saturated carbocycles. The molecule has 0 fully saturated rings. The van der Waals surface area contributed by atoms with Gasteiger partial charge in [0.05, 0.1) is 17.2 Å². The van der Waals surface area contributed by atoms with E-state index in [2.05, 4.69) is 144 Å². The number of thiophene rings is 1. The SMILES string of the molecule is [2H]c1c([2H])c([2H])c(-c2ccc(-c3ccc(N(c4ccc(-c5cccc6c5oc5ccccc56)cc4)c4cccc5c4sc4c(-c6ccccc6)cccc45)cc3)c3ccccc23)c([2H])c1[2H]. The molecule has 0 aliphatic carbocycles. The average Bonchev–Trinajstić information content (AvgIpc) is 3.96. The number of benzene rings is 10. The molecule has 0 aliphatic heterocycles. The Morgan fingerprint density at radius 3 is 1.59 bits per heavy atom. The van der Waals surface area contributed by atoms with Gasteiger partial charge >= 0.3 is 0 Å². The van der Waals surface area contributed by atoms with E-state index in [1.807, 2.05) is 65.9 Å². The maximum atomic E-state index is 8.73. The number of nitrogens with zero attached hydrogens (tertiary/aromatic N) is 1. The predicted molar refractivity (Wildman–Crippen MR) is 261 cm³/mol. The molecular weight excluding hydrogens is 759 g/mol. The number of fused-ring (bicyclic) bond motifs is 7. The minimum Gasteiger partial charge on any atom is -0.455 e. The fraction of sp³-hybridized carbons (Fsp3) is 0. The summed E-state index contributed by atoms with van der Waals surface area (Å²) in [5.41, 5.74) is 12.1. The number of para-hydroxylation sites is 2. The molecule has 0 spiro atoms. The minimum atomic E-state index is -0.402. The highest BCUT2D eigenvalue weighted by molar-refractivity contribution is 7.27. The second-order valence-electron chi connectivity index (χ2n) is 15.2. The molecule has 12 aromatic rings. The molecule has 10 aromatic carbocycles. The number of anilines is 3. The summed E-state index contributed by atoms with van der Waals surface area (Å²) in [5, 5.41) is 6.35. The quantitative estimate of drug-likeness (QED) is 0.160. The molecule has 286 valence electrons. The zero-order valence-corrected chi connectivity index (χ0v) is 33.6. The lowest BCUT2D eigenvalue weighted by Crippen LogP contribution is -2.10. The highest BCUT2D eigenvalue weighted by atomic mass is 32.1. The Labute approximate surface area is 364 Å². The van der Waals surface area contributed by atoms with Gasteiger partial charge < -0.3 is 9.32 Å². The van der Waals surface area contributed by atoms with Gasteiger partial charge in [0.1, 0.15) is 11.2 Å². The summed E-state index contributed by atoms with van der Waals surface area (Å²) in [6.07, 6.45) is 0. The van der Waals surface area contributed by atoms with Crippen molar-refractivity contribution < 1.29 is 11.3 Å². The number of rotatable bonds is 7. The summed E-state index contributed by atoms with van der Waals surface area (Å²) in [7, 11) is 0. The summed E-state index contributed by atoms with van der Waals surface area (Å²) >= 11 is 1.82. The summed E-state index contributed by atoms with van der Waals surface area (Å²) in [6.45, 7) is 0. The Bertz CT molecular complexity index is 3850. The maximum Gasteiger partial charge on any atom is 0.143 e. The predicted octanol–water partition coefficient (Wildman–Crippen LogP) is 17.2. The topological polar surface area (TPSA) is 16.4 Å². The van der Waals surface area contributed by atoms with Crippen molar-refractivity contribution in [3.8, 4) is 44.5 Å². The van der Waals surface area contributed by atoms with Crippen LogP contribution in [-0.4, -0.2) is 0 Å².